The Morgan fingerprint density at radius 1 is 1.44 bits per heavy atom. The lowest BCUT2D eigenvalue weighted by Gasteiger charge is -2.61. The molecule has 2 fully saturated rings. The third-order valence-corrected chi connectivity index (χ3v) is 8.97. The average molecular weight is 447 g/mol. The van der Waals surface area contributed by atoms with E-state index in [1.807, 2.05) is 25.1 Å². The smallest absolute Gasteiger partial charge is 0.334 e. The summed E-state index contributed by atoms with van der Waals surface area (Å²) in [7, 11) is 3.65. The minimum Gasteiger partial charge on any atom is -0.478 e. The zero-order valence-electron chi connectivity index (χ0n) is 19.7. The predicted molar refractivity (Wildman–Crippen MR) is 123 cm³/mol. The van der Waals surface area contributed by atoms with E-state index in [1.165, 1.54) is 0 Å². The Balaban J connectivity index is 1.94. The highest BCUT2D eigenvalue weighted by Gasteiger charge is 2.74. The zero-order valence-corrected chi connectivity index (χ0v) is 19.7. The van der Waals surface area contributed by atoms with Crippen molar-refractivity contribution >= 4 is 11.9 Å². The van der Waals surface area contributed by atoms with E-state index in [2.05, 4.69) is 23.3 Å². The molecule has 2 bridgehead atoms. The molecule has 178 valence electrons. The van der Waals surface area contributed by atoms with Crippen molar-refractivity contribution in [3.63, 3.8) is 0 Å². The Hall–Kier alpha value is -1.90. The lowest BCUT2D eigenvalue weighted by atomic mass is 9.46. The second-order valence-electron chi connectivity index (χ2n) is 10.1. The summed E-state index contributed by atoms with van der Waals surface area (Å²) in [5.41, 5.74) is 5.25. The number of carboxylic acid groups (broad SMARTS) is 1. The van der Waals surface area contributed by atoms with Crippen LogP contribution in [0.2, 0.25) is 0 Å². The van der Waals surface area contributed by atoms with Gasteiger partial charge in [0, 0.05) is 43.8 Å². The van der Waals surface area contributed by atoms with Crippen molar-refractivity contribution in [2.45, 2.75) is 45.1 Å². The first-order chi connectivity index (χ1) is 15.2. The molecule has 0 radical (unpaired) electrons. The maximum absolute atomic E-state index is 12.6. The van der Waals surface area contributed by atoms with Gasteiger partial charge in [0.2, 0.25) is 0 Å². The van der Waals surface area contributed by atoms with E-state index >= 15 is 0 Å². The third-order valence-electron chi connectivity index (χ3n) is 8.97. The van der Waals surface area contributed by atoms with Crippen LogP contribution in [0.25, 0.3) is 0 Å². The van der Waals surface area contributed by atoms with Gasteiger partial charge in [-0.3, -0.25) is 4.99 Å². The molecule has 0 aromatic rings. The van der Waals surface area contributed by atoms with Gasteiger partial charge in [0.25, 0.3) is 0 Å². The standard InChI is InChI=1S/C24H38N4O4/c1-5-32-14-22(31)12-23-15(2)6-7-16(10-18(23)19(22)20(29)30)24(23)13-28(21(25)27-4)9-8-17(24)11-26-3/h8-9,15-17,26,31H,5-7,10-14H2,1-4H3,(H2,25,27)(H,29,30). The number of allylic oxidation sites excluding steroid dienone is 1. The van der Waals surface area contributed by atoms with Crippen molar-refractivity contribution in [1.29, 1.82) is 0 Å². The number of carbonyl (C=O) groups is 1. The topological polar surface area (TPSA) is 120 Å². The van der Waals surface area contributed by atoms with Crippen molar-refractivity contribution in [1.82, 2.24) is 10.2 Å². The molecular weight excluding hydrogens is 408 g/mol. The number of hydrogen-bond acceptors (Lipinski definition) is 5. The van der Waals surface area contributed by atoms with Crippen LogP contribution < -0.4 is 11.1 Å². The van der Waals surface area contributed by atoms with Gasteiger partial charge in [-0.2, -0.15) is 0 Å². The summed E-state index contributed by atoms with van der Waals surface area (Å²) >= 11 is 0. The van der Waals surface area contributed by atoms with Crippen LogP contribution in [-0.2, 0) is 9.53 Å². The molecular formula is C24H38N4O4. The number of aliphatic hydroxyl groups is 1. The molecule has 0 saturated heterocycles. The number of ether oxygens (including phenoxy) is 1. The van der Waals surface area contributed by atoms with Crippen molar-refractivity contribution < 1.29 is 19.7 Å². The molecule has 6 atom stereocenters. The van der Waals surface area contributed by atoms with Gasteiger partial charge in [-0.25, -0.2) is 4.79 Å². The second kappa shape index (κ2) is 8.15. The van der Waals surface area contributed by atoms with E-state index in [1.54, 1.807) is 7.05 Å². The Bertz CT molecular complexity index is 870. The molecule has 4 rings (SSSR count). The SMILES string of the molecule is CCOCC1(O)CC23C(=C1C(=O)O)CC(CCC2C)C31CN(C(N)=NC)C=CC1CNC. The number of nitrogens with one attached hydrogen (secondary N) is 1. The summed E-state index contributed by atoms with van der Waals surface area (Å²) in [6.07, 6.45) is 7.42. The molecule has 5 N–H and O–H groups in total. The highest BCUT2D eigenvalue weighted by Crippen LogP contribution is 2.77. The summed E-state index contributed by atoms with van der Waals surface area (Å²) < 4.78 is 5.64. The molecule has 2 spiro atoms. The Labute approximate surface area is 190 Å². The van der Waals surface area contributed by atoms with E-state index in [9.17, 15) is 15.0 Å². The van der Waals surface area contributed by atoms with Crippen LogP contribution >= 0.6 is 0 Å². The van der Waals surface area contributed by atoms with Crippen molar-refractivity contribution in [3.8, 4) is 0 Å². The average Bonchev–Trinajstić information content (AvgIpc) is 3.11. The number of nitrogens with two attached hydrogens (primary N) is 1. The highest BCUT2D eigenvalue weighted by molar-refractivity contribution is 5.92. The van der Waals surface area contributed by atoms with E-state index in [0.717, 1.165) is 25.0 Å². The summed E-state index contributed by atoms with van der Waals surface area (Å²) in [6.45, 7) is 6.02. The van der Waals surface area contributed by atoms with Gasteiger partial charge >= 0.3 is 5.97 Å². The number of aliphatic imine (C=N–C) groups is 1. The summed E-state index contributed by atoms with van der Waals surface area (Å²) in [4.78, 5) is 18.8. The van der Waals surface area contributed by atoms with E-state index in [0.29, 0.717) is 37.9 Å². The van der Waals surface area contributed by atoms with Gasteiger partial charge in [-0.1, -0.05) is 13.0 Å². The van der Waals surface area contributed by atoms with Crippen LogP contribution in [0.15, 0.2) is 28.4 Å². The molecule has 4 aliphatic rings. The Kier molecular flexibility index (Phi) is 5.92. The fourth-order valence-corrected chi connectivity index (χ4v) is 7.88. The summed E-state index contributed by atoms with van der Waals surface area (Å²) in [5, 5.41) is 25.4. The molecule has 3 aliphatic carbocycles. The van der Waals surface area contributed by atoms with Crippen molar-refractivity contribution in [2.24, 2.45) is 39.3 Å². The van der Waals surface area contributed by atoms with E-state index in [4.69, 9.17) is 10.5 Å². The molecule has 0 aromatic carbocycles. The number of carboxylic acids is 1. The molecule has 32 heavy (non-hydrogen) atoms. The normalized spacial score (nSPS) is 41.0. The first kappa shape index (κ1) is 23.3. The largest absolute Gasteiger partial charge is 0.478 e. The predicted octanol–water partition coefficient (Wildman–Crippen LogP) is 1.57. The van der Waals surface area contributed by atoms with Crippen LogP contribution in [0, 0.1) is 28.6 Å². The fraction of sp³-hybridized carbons (Fsp3) is 0.750. The molecule has 6 unspecified atom stereocenters. The minimum atomic E-state index is -1.48. The number of guanidine groups is 1. The number of nitrogens with zero attached hydrogens (tertiary/aromatic N) is 2. The van der Waals surface area contributed by atoms with Gasteiger partial charge < -0.3 is 30.9 Å². The van der Waals surface area contributed by atoms with Gasteiger partial charge in [-0.15, -0.1) is 0 Å². The molecule has 0 amide bonds. The summed E-state index contributed by atoms with van der Waals surface area (Å²) in [6, 6.07) is 0. The molecule has 1 aliphatic heterocycles. The minimum absolute atomic E-state index is 0.0126. The first-order valence-corrected chi connectivity index (χ1v) is 11.8. The lowest BCUT2D eigenvalue weighted by molar-refractivity contribution is -0.139. The summed E-state index contributed by atoms with van der Waals surface area (Å²) in [5.74, 6) is 0.216. The van der Waals surface area contributed by atoms with Gasteiger partial charge in [0.1, 0.15) is 5.60 Å². The van der Waals surface area contributed by atoms with Crippen molar-refractivity contribution in [2.75, 3.05) is 40.4 Å². The Morgan fingerprint density at radius 3 is 2.81 bits per heavy atom. The third kappa shape index (κ3) is 2.92. The lowest BCUT2D eigenvalue weighted by Crippen LogP contribution is -2.62. The zero-order chi connectivity index (χ0) is 23.3. The van der Waals surface area contributed by atoms with Crippen LogP contribution in [-0.4, -0.2) is 73.0 Å². The maximum atomic E-state index is 12.6. The molecule has 2 saturated carbocycles. The molecule has 8 heteroatoms. The fourth-order valence-electron chi connectivity index (χ4n) is 7.88. The number of rotatable bonds is 6. The number of hydrogen-bond donors (Lipinski definition) is 4. The van der Waals surface area contributed by atoms with Crippen LogP contribution in [0.1, 0.15) is 39.5 Å². The second-order valence-corrected chi connectivity index (χ2v) is 10.1. The van der Waals surface area contributed by atoms with Gasteiger partial charge in [0.15, 0.2) is 5.96 Å². The highest BCUT2D eigenvalue weighted by atomic mass is 16.5. The quantitative estimate of drug-likeness (QED) is 0.361. The molecule has 1 heterocycles. The first-order valence-electron chi connectivity index (χ1n) is 11.8. The Morgan fingerprint density at radius 2 is 2.19 bits per heavy atom. The van der Waals surface area contributed by atoms with Gasteiger partial charge in [-0.05, 0) is 63.0 Å². The van der Waals surface area contributed by atoms with Gasteiger partial charge in [0.05, 0.1) is 12.2 Å². The van der Waals surface area contributed by atoms with E-state index in [-0.39, 0.29) is 29.4 Å². The molecule has 0 aromatic heterocycles. The van der Waals surface area contributed by atoms with Crippen LogP contribution in [0.4, 0.5) is 0 Å². The maximum Gasteiger partial charge on any atom is 0.334 e. The molecule has 8 nitrogen and oxygen atoms in total. The van der Waals surface area contributed by atoms with Crippen molar-refractivity contribution in [3.05, 3.63) is 23.4 Å². The van der Waals surface area contributed by atoms with Crippen LogP contribution in [0.5, 0.6) is 0 Å². The van der Waals surface area contributed by atoms with Crippen LogP contribution in [0.3, 0.4) is 0 Å². The van der Waals surface area contributed by atoms with E-state index < -0.39 is 17.0 Å². The number of aliphatic carboxylic acids is 1. The monoisotopic (exact) mass is 446 g/mol.